The number of hydrogen-bond acceptors (Lipinski definition) is 5. The van der Waals surface area contributed by atoms with E-state index in [2.05, 4.69) is 44.3 Å². The van der Waals surface area contributed by atoms with Crippen LogP contribution in [0.5, 0.6) is 0 Å². The summed E-state index contributed by atoms with van der Waals surface area (Å²) in [6.07, 6.45) is 4.30. The maximum absolute atomic E-state index is 6.10. The van der Waals surface area contributed by atoms with Crippen LogP contribution >= 0.6 is 0 Å². The van der Waals surface area contributed by atoms with Crippen LogP contribution in [0.3, 0.4) is 0 Å². The first kappa shape index (κ1) is 14.4. The van der Waals surface area contributed by atoms with E-state index < -0.39 is 0 Å². The molecule has 0 atom stereocenters. The van der Waals surface area contributed by atoms with E-state index in [1.165, 1.54) is 5.47 Å². The van der Waals surface area contributed by atoms with Crippen LogP contribution in [0.4, 0.5) is 0 Å². The van der Waals surface area contributed by atoms with Crippen molar-refractivity contribution in [2.24, 2.45) is 0 Å². The number of nitrogens with one attached hydrogen (secondary N) is 1. The van der Waals surface area contributed by atoms with E-state index in [0.717, 1.165) is 32.6 Å². The monoisotopic (exact) mass is 280 g/mol. The molecule has 6 heteroatoms. The number of hydrogen-bond donors (Lipinski definition) is 1. The van der Waals surface area contributed by atoms with Crippen molar-refractivity contribution in [2.75, 3.05) is 19.8 Å². The van der Waals surface area contributed by atoms with Gasteiger partial charge in [0.25, 0.3) is 0 Å². The lowest BCUT2D eigenvalue weighted by atomic mass is 9.79. The Morgan fingerprint density at radius 3 is 2.35 bits per heavy atom. The lowest BCUT2D eigenvalue weighted by Crippen LogP contribution is -2.41. The fourth-order valence-corrected chi connectivity index (χ4v) is 2.79. The fraction of sp³-hybridized carbons (Fsp3) is 0.857. The average molecular weight is 280 g/mol. The quantitative estimate of drug-likeness (QED) is 0.776. The molecule has 2 fully saturated rings. The van der Waals surface area contributed by atoms with Crippen molar-refractivity contribution in [3.63, 3.8) is 0 Å². The van der Waals surface area contributed by atoms with Gasteiger partial charge in [0.15, 0.2) is 0 Å². The summed E-state index contributed by atoms with van der Waals surface area (Å²) in [6, 6.07) is 0.517. The molecule has 0 aromatic heterocycles. The van der Waals surface area contributed by atoms with Gasteiger partial charge in [-0.3, -0.25) is 0 Å². The molecule has 0 aliphatic carbocycles. The van der Waals surface area contributed by atoms with Gasteiger partial charge >= 0.3 is 7.12 Å². The largest absolute Gasteiger partial charge is 0.493 e. The maximum Gasteiger partial charge on any atom is 0.493 e. The third-order valence-corrected chi connectivity index (χ3v) is 4.91. The number of hydrazine groups is 1. The van der Waals surface area contributed by atoms with Gasteiger partial charge in [-0.2, -0.15) is 0 Å². The Morgan fingerprint density at radius 2 is 1.75 bits per heavy atom. The average Bonchev–Trinajstić information content (AvgIpc) is 2.94. The molecule has 0 aromatic rings. The van der Waals surface area contributed by atoms with E-state index in [1.54, 1.807) is 0 Å². The third-order valence-electron chi connectivity index (χ3n) is 4.91. The molecular weight excluding hydrogens is 255 g/mol. The van der Waals surface area contributed by atoms with Gasteiger partial charge in [-0.15, -0.1) is 0 Å². The molecule has 3 rings (SSSR count). The molecule has 2 saturated heterocycles. The number of ether oxygens (including phenoxy) is 1. The molecule has 112 valence electrons. The normalized spacial score (nSPS) is 29.9. The van der Waals surface area contributed by atoms with Crippen LogP contribution in [-0.2, 0) is 14.0 Å². The van der Waals surface area contributed by atoms with Gasteiger partial charge in [0, 0.05) is 32.0 Å². The van der Waals surface area contributed by atoms with Crippen LogP contribution in [0.1, 0.15) is 40.5 Å². The van der Waals surface area contributed by atoms with Crippen LogP contribution in [0.15, 0.2) is 11.7 Å². The first-order valence-corrected chi connectivity index (χ1v) is 7.55. The van der Waals surface area contributed by atoms with E-state index in [9.17, 15) is 0 Å². The Bertz CT molecular complexity index is 389. The minimum Gasteiger partial charge on any atom is -0.399 e. The minimum absolute atomic E-state index is 0.239. The molecule has 0 amide bonds. The highest BCUT2D eigenvalue weighted by Gasteiger charge is 2.53. The molecule has 0 bridgehead atoms. The summed E-state index contributed by atoms with van der Waals surface area (Å²) >= 11 is 0. The van der Waals surface area contributed by atoms with E-state index in [1.807, 2.05) is 0 Å². The van der Waals surface area contributed by atoms with Gasteiger partial charge < -0.3 is 19.1 Å². The Morgan fingerprint density at radius 1 is 1.15 bits per heavy atom. The lowest BCUT2D eigenvalue weighted by Gasteiger charge is -2.32. The van der Waals surface area contributed by atoms with E-state index in [4.69, 9.17) is 14.0 Å². The second-order valence-corrected chi connectivity index (χ2v) is 6.88. The first-order chi connectivity index (χ1) is 9.39. The molecule has 3 aliphatic rings. The van der Waals surface area contributed by atoms with E-state index in [0.29, 0.717) is 6.04 Å². The summed E-state index contributed by atoms with van der Waals surface area (Å²) in [5.74, 6) is 0. The molecule has 1 N–H and O–H groups in total. The zero-order chi connectivity index (χ0) is 14.4. The summed E-state index contributed by atoms with van der Waals surface area (Å²) in [4.78, 5) is 0. The van der Waals surface area contributed by atoms with Crippen LogP contribution in [0.25, 0.3) is 0 Å². The molecule has 0 unspecified atom stereocenters. The summed E-state index contributed by atoms with van der Waals surface area (Å²) in [5.41, 5.74) is 4.06. The van der Waals surface area contributed by atoms with Gasteiger partial charge in [0.05, 0.1) is 11.2 Å². The third kappa shape index (κ3) is 2.50. The van der Waals surface area contributed by atoms with Crippen LogP contribution in [-0.4, -0.2) is 49.1 Å². The first-order valence-electron chi connectivity index (χ1n) is 7.55. The summed E-state index contributed by atoms with van der Waals surface area (Å²) in [7, 11) is -0.239. The minimum atomic E-state index is -0.273. The summed E-state index contributed by atoms with van der Waals surface area (Å²) < 4.78 is 17.6. The molecule has 0 aromatic carbocycles. The van der Waals surface area contributed by atoms with Crippen LogP contribution in [0.2, 0.25) is 0 Å². The van der Waals surface area contributed by atoms with Crippen molar-refractivity contribution in [3.05, 3.63) is 11.7 Å². The Hall–Kier alpha value is -0.555. The highest BCUT2D eigenvalue weighted by Crippen LogP contribution is 2.39. The van der Waals surface area contributed by atoms with Crippen molar-refractivity contribution < 1.29 is 14.0 Å². The predicted molar refractivity (Wildman–Crippen MR) is 77.8 cm³/mol. The number of rotatable bonds is 2. The Balaban J connectivity index is 1.67. The lowest BCUT2D eigenvalue weighted by molar-refractivity contribution is 0.00578. The molecule has 0 spiro atoms. The molecule has 20 heavy (non-hydrogen) atoms. The van der Waals surface area contributed by atoms with Gasteiger partial charge in [-0.1, -0.05) is 0 Å². The second-order valence-electron chi connectivity index (χ2n) is 6.88. The van der Waals surface area contributed by atoms with E-state index in [-0.39, 0.29) is 18.3 Å². The van der Waals surface area contributed by atoms with Crippen molar-refractivity contribution >= 4 is 7.12 Å². The molecule has 5 nitrogen and oxygen atoms in total. The van der Waals surface area contributed by atoms with Gasteiger partial charge in [0.1, 0.15) is 0 Å². The van der Waals surface area contributed by atoms with E-state index >= 15 is 0 Å². The van der Waals surface area contributed by atoms with Crippen molar-refractivity contribution in [2.45, 2.75) is 57.8 Å². The second kappa shape index (κ2) is 5.02. The van der Waals surface area contributed by atoms with Crippen molar-refractivity contribution in [1.29, 1.82) is 0 Å². The summed E-state index contributed by atoms with van der Waals surface area (Å²) in [5, 5.41) is 2.21. The summed E-state index contributed by atoms with van der Waals surface area (Å²) in [6.45, 7) is 10.9. The highest BCUT2D eigenvalue weighted by molar-refractivity contribution is 6.54. The SMILES string of the molecule is CC1(C)OB(C2=CN(C3CCOCC3)NC2)OC1(C)C. The maximum atomic E-state index is 6.10. The standard InChI is InChI=1S/C14H25BN2O3/c1-13(2)14(3,4)20-15(19-13)11-9-16-17(10-11)12-5-7-18-8-6-12/h10,12,16H,5-9H2,1-4H3. The molecule has 3 aliphatic heterocycles. The van der Waals surface area contributed by atoms with Gasteiger partial charge in [-0.25, -0.2) is 5.43 Å². The molecule has 0 saturated carbocycles. The Kier molecular flexibility index (Phi) is 3.61. The molecular formula is C14H25BN2O3. The number of nitrogens with zero attached hydrogens (tertiary/aromatic N) is 1. The van der Waals surface area contributed by atoms with Crippen molar-refractivity contribution in [3.8, 4) is 0 Å². The Labute approximate surface area is 121 Å². The zero-order valence-corrected chi connectivity index (χ0v) is 12.9. The molecule has 3 heterocycles. The highest BCUT2D eigenvalue weighted by atomic mass is 16.7. The molecule has 0 radical (unpaired) electrons. The van der Waals surface area contributed by atoms with Gasteiger partial charge in [0.2, 0.25) is 0 Å². The van der Waals surface area contributed by atoms with Crippen LogP contribution in [0, 0.1) is 0 Å². The zero-order valence-electron chi connectivity index (χ0n) is 12.9. The van der Waals surface area contributed by atoms with Gasteiger partial charge in [-0.05, 0) is 46.0 Å². The van der Waals surface area contributed by atoms with Crippen LogP contribution < -0.4 is 5.43 Å². The topological polar surface area (TPSA) is 43.0 Å². The fourth-order valence-electron chi connectivity index (χ4n) is 2.79. The van der Waals surface area contributed by atoms with Crippen molar-refractivity contribution in [1.82, 2.24) is 10.4 Å². The smallest absolute Gasteiger partial charge is 0.399 e. The predicted octanol–water partition coefficient (Wildman–Crippen LogP) is 1.50.